The number of likely N-dealkylation sites (N-methyl/N-ethyl adjacent to an activating group) is 1. The Balaban J connectivity index is 2.17. The molecule has 0 radical (unpaired) electrons. The van der Waals surface area contributed by atoms with E-state index in [-0.39, 0.29) is 37.7 Å². The van der Waals surface area contributed by atoms with Gasteiger partial charge in [-0.15, -0.1) is 0 Å². The molecule has 1 atom stereocenters. The van der Waals surface area contributed by atoms with Gasteiger partial charge in [-0.2, -0.15) is 0 Å². The van der Waals surface area contributed by atoms with Crippen molar-refractivity contribution in [2.24, 2.45) is 0 Å². The normalized spacial score (nSPS) is 12.1. The van der Waals surface area contributed by atoms with Crippen LogP contribution in [0.2, 0.25) is 10.0 Å². The van der Waals surface area contributed by atoms with Gasteiger partial charge in [0.1, 0.15) is 11.8 Å². The van der Waals surface area contributed by atoms with Gasteiger partial charge in [-0.3, -0.25) is 13.9 Å². The van der Waals surface area contributed by atoms with Crippen LogP contribution < -0.4 is 14.4 Å². The largest absolute Gasteiger partial charge is 0.497 e. The first kappa shape index (κ1) is 28.7. The van der Waals surface area contributed by atoms with E-state index in [4.69, 9.17) is 27.9 Å². The van der Waals surface area contributed by atoms with Gasteiger partial charge in [-0.05, 0) is 62.2 Å². The van der Waals surface area contributed by atoms with Gasteiger partial charge in [0.05, 0.1) is 29.1 Å². The van der Waals surface area contributed by atoms with Crippen LogP contribution in [-0.4, -0.2) is 57.6 Å². The van der Waals surface area contributed by atoms with E-state index < -0.39 is 16.1 Å². The summed E-state index contributed by atoms with van der Waals surface area (Å²) in [6.07, 6.45) is 1.43. The Kier molecular flexibility index (Phi) is 10.7. The number of benzene rings is 2. The molecule has 35 heavy (non-hydrogen) atoms. The zero-order chi connectivity index (χ0) is 26.2. The van der Waals surface area contributed by atoms with E-state index in [9.17, 15) is 18.0 Å². The van der Waals surface area contributed by atoms with Crippen molar-refractivity contribution >= 4 is 50.7 Å². The number of anilines is 1. The highest BCUT2D eigenvalue weighted by Crippen LogP contribution is 2.25. The third kappa shape index (κ3) is 8.30. The lowest BCUT2D eigenvalue weighted by molar-refractivity contribution is -0.140. The molecule has 0 aliphatic rings. The van der Waals surface area contributed by atoms with Crippen molar-refractivity contribution in [3.8, 4) is 5.75 Å². The molecule has 0 aliphatic heterocycles. The molecule has 0 aliphatic carbocycles. The minimum absolute atomic E-state index is 0.0489. The van der Waals surface area contributed by atoms with E-state index in [2.05, 4.69) is 5.32 Å². The van der Waals surface area contributed by atoms with Crippen molar-refractivity contribution in [3.05, 3.63) is 58.1 Å². The number of amides is 2. The number of halogens is 2. The van der Waals surface area contributed by atoms with Crippen molar-refractivity contribution in [2.45, 2.75) is 39.3 Å². The van der Waals surface area contributed by atoms with Crippen LogP contribution in [0.15, 0.2) is 42.5 Å². The zero-order valence-corrected chi connectivity index (χ0v) is 22.6. The standard InChI is InChI=1S/C24H31Cl2N3O5S/c1-5-27-24(31)17(2)28(16-18-8-13-21(25)22(26)15-18)23(30)7-6-14-29(35(4,32)33)19-9-11-20(34-3)12-10-19/h8-13,15,17H,5-7,14,16H2,1-4H3,(H,27,31). The Morgan fingerprint density at radius 2 is 1.74 bits per heavy atom. The average Bonchev–Trinajstić information content (AvgIpc) is 2.81. The number of hydrogen-bond donors (Lipinski definition) is 1. The molecule has 2 amide bonds. The quantitative estimate of drug-likeness (QED) is 0.434. The van der Waals surface area contributed by atoms with E-state index in [0.717, 1.165) is 11.8 Å². The molecule has 0 spiro atoms. The highest BCUT2D eigenvalue weighted by molar-refractivity contribution is 7.92. The van der Waals surface area contributed by atoms with Crippen LogP contribution >= 0.6 is 23.2 Å². The van der Waals surface area contributed by atoms with Crippen LogP contribution in [0.25, 0.3) is 0 Å². The van der Waals surface area contributed by atoms with Gasteiger partial charge in [0.2, 0.25) is 21.8 Å². The van der Waals surface area contributed by atoms with Crippen molar-refractivity contribution in [3.63, 3.8) is 0 Å². The van der Waals surface area contributed by atoms with Crippen molar-refractivity contribution in [2.75, 3.05) is 30.8 Å². The van der Waals surface area contributed by atoms with Gasteiger partial charge in [0, 0.05) is 26.1 Å². The van der Waals surface area contributed by atoms with Gasteiger partial charge < -0.3 is 15.0 Å². The minimum atomic E-state index is -3.57. The fourth-order valence-corrected chi connectivity index (χ4v) is 4.78. The molecule has 0 aromatic heterocycles. The Hall–Kier alpha value is -2.49. The Bertz CT molecular complexity index is 1130. The molecule has 11 heteroatoms. The SMILES string of the molecule is CCNC(=O)C(C)N(Cc1ccc(Cl)c(Cl)c1)C(=O)CCCN(c1ccc(OC)cc1)S(C)(=O)=O. The molecule has 0 bridgehead atoms. The second-order valence-electron chi connectivity index (χ2n) is 7.98. The Morgan fingerprint density at radius 1 is 1.09 bits per heavy atom. The van der Waals surface area contributed by atoms with Gasteiger partial charge in [0.25, 0.3) is 0 Å². The molecule has 0 fully saturated rings. The first-order chi connectivity index (χ1) is 16.5. The number of nitrogens with one attached hydrogen (secondary N) is 1. The lowest BCUT2D eigenvalue weighted by Gasteiger charge is -2.29. The summed E-state index contributed by atoms with van der Waals surface area (Å²) in [4.78, 5) is 27.2. The molecular formula is C24H31Cl2N3O5S. The number of nitrogens with zero attached hydrogens (tertiary/aromatic N) is 2. The summed E-state index contributed by atoms with van der Waals surface area (Å²) in [5.74, 6) is 0.0459. The number of methoxy groups -OCH3 is 1. The summed E-state index contributed by atoms with van der Waals surface area (Å²) in [5.41, 5.74) is 1.20. The van der Waals surface area contributed by atoms with Crippen LogP contribution in [0, 0.1) is 0 Å². The minimum Gasteiger partial charge on any atom is -0.497 e. The molecule has 2 aromatic rings. The predicted octanol–water partition coefficient (Wildman–Crippen LogP) is 4.10. The lowest BCUT2D eigenvalue weighted by Crippen LogP contribution is -2.47. The summed E-state index contributed by atoms with van der Waals surface area (Å²) in [6.45, 7) is 4.15. The third-order valence-electron chi connectivity index (χ3n) is 5.37. The molecule has 1 unspecified atom stereocenters. The fourth-order valence-electron chi connectivity index (χ4n) is 3.49. The van der Waals surface area contributed by atoms with Crippen LogP contribution in [0.5, 0.6) is 5.75 Å². The van der Waals surface area contributed by atoms with Crippen LogP contribution in [-0.2, 0) is 26.2 Å². The third-order valence-corrected chi connectivity index (χ3v) is 7.30. The number of hydrogen-bond acceptors (Lipinski definition) is 5. The second kappa shape index (κ2) is 13.0. The maximum absolute atomic E-state index is 13.2. The molecule has 192 valence electrons. The van der Waals surface area contributed by atoms with Gasteiger partial charge in [0.15, 0.2) is 0 Å². The molecule has 0 saturated carbocycles. The van der Waals surface area contributed by atoms with E-state index in [0.29, 0.717) is 28.0 Å². The molecule has 8 nitrogen and oxygen atoms in total. The van der Waals surface area contributed by atoms with E-state index in [1.165, 1.54) is 16.3 Å². The van der Waals surface area contributed by atoms with Crippen molar-refractivity contribution < 1.29 is 22.7 Å². The lowest BCUT2D eigenvalue weighted by atomic mass is 10.1. The van der Waals surface area contributed by atoms with Gasteiger partial charge >= 0.3 is 0 Å². The highest BCUT2D eigenvalue weighted by Gasteiger charge is 2.26. The fraction of sp³-hybridized carbons (Fsp3) is 0.417. The number of rotatable bonds is 12. The summed E-state index contributed by atoms with van der Waals surface area (Å²) in [7, 11) is -2.05. The highest BCUT2D eigenvalue weighted by atomic mass is 35.5. The second-order valence-corrected chi connectivity index (χ2v) is 10.7. The maximum atomic E-state index is 13.2. The van der Waals surface area contributed by atoms with Gasteiger partial charge in [-0.25, -0.2) is 8.42 Å². The van der Waals surface area contributed by atoms with Crippen LogP contribution in [0.1, 0.15) is 32.3 Å². The van der Waals surface area contributed by atoms with Gasteiger partial charge in [-0.1, -0.05) is 29.3 Å². The summed E-state index contributed by atoms with van der Waals surface area (Å²) in [6, 6.07) is 10.9. The van der Waals surface area contributed by atoms with E-state index in [1.807, 2.05) is 0 Å². The number of ether oxygens (including phenoxy) is 1. The molecule has 0 saturated heterocycles. The topological polar surface area (TPSA) is 96.0 Å². The number of carbonyl (C=O) groups is 2. The zero-order valence-electron chi connectivity index (χ0n) is 20.3. The molecule has 0 heterocycles. The summed E-state index contributed by atoms with van der Waals surface area (Å²) < 4.78 is 31.2. The molecular weight excluding hydrogens is 513 g/mol. The Morgan fingerprint density at radius 3 is 2.29 bits per heavy atom. The number of sulfonamides is 1. The smallest absolute Gasteiger partial charge is 0.242 e. The van der Waals surface area contributed by atoms with Crippen molar-refractivity contribution in [1.82, 2.24) is 10.2 Å². The summed E-state index contributed by atoms with van der Waals surface area (Å²) >= 11 is 12.1. The first-order valence-corrected chi connectivity index (χ1v) is 13.7. The molecule has 2 aromatic carbocycles. The molecule has 1 N–H and O–H groups in total. The van der Waals surface area contributed by atoms with E-state index in [1.54, 1.807) is 56.3 Å². The predicted molar refractivity (Wildman–Crippen MR) is 140 cm³/mol. The first-order valence-electron chi connectivity index (χ1n) is 11.1. The van der Waals surface area contributed by atoms with E-state index >= 15 is 0 Å². The molecule has 2 rings (SSSR count). The number of carbonyl (C=O) groups excluding carboxylic acids is 2. The monoisotopic (exact) mass is 543 g/mol. The van der Waals surface area contributed by atoms with Crippen LogP contribution in [0.4, 0.5) is 5.69 Å². The summed E-state index contributed by atoms with van der Waals surface area (Å²) in [5, 5.41) is 3.48. The van der Waals surface area contributed by atoms with Crippen LogP contribution in [0.3, 0.4) is 0 Å². The average molecular weight is 545 g/mol. The maximum Gasteiger partial charge on any atom is 0.242 e. The Labute approximate surface area is 217 Å². The van der Waals surface area contributed by atoms with Crippen molar-refractivity contribution in [1.29, 1.82) is 0 Å².